The molecule has 1 saturated carbocycles. The number of rotatable bonds is 12. The molecule has 1 aliphatic heterocycles. The van der Waals surface area contributed by atoms with Gasteiger partial charge in [0.25, 0.3) is 0 Å². The van der Waals surface area contributed by atoms with E-state index in [4.69, 9.17) is 26.3 Å². The lowest BCUT2D eigenvalue weighted by atomic mass is 10.0. The number of hydrogen-bond acceptors (Lipinski definition) is 9. The molecule has 0 radical (unpaired) electrons. The van der Waals surface area contributed by atoms with Crippen LogP contribution in [0.2, 0.25) is 5.02 Å². The topological polar surface area (TPSA) is 119 Å². The van der Waals surface area contributed by atoms with Crippen molar-refractivity contribution in [2.75, 3.05) is 18.9 Å². The first kappa shape index (κ1) is 31.9. The molecule has 44 heavy (non-hydrogen) atoms. The molecule has 1 aromatic heterocycles. The minimum atomic E-state index is -4.32. The average Bonchev–Trinajstić information content (AvgIpc) is 3.68. The van der Waals surface area contributed by atoms with Crippen LogP contribution in [0.4, 0.5) is 13.2 Å². The predicted molar refractivity (Wildman–Crippen MR) is 154 cm³/mol. The van der Waals surface area contributed by atoms with Crippen LogP contribution in [0.1, 0.15) is 35.6 Å². The molecule has 1 aliphatic carbocycles. The van der Waals surface area contributed by atoms with Crippen molar-refractivity contribution in [3.05, 3.63) is 82.4 Å². The van der Waals surface area contributed by atoms with Crippen LogP contribution in [0.15, 0.2) is 59.8 Å². The van der Waals surface area contributed by atoms with Gasteiger partial charge < -0.3 is 14.2 Å². The first-order chi connectivity index (χ1) is 21.1. The lowest BCUT2D eigenvalue weighted by Gasteiger charge is -2.26. The number of esters is 1. The Balaban J connectivity index is 1.45. The van der Waals surface area contributed by atoms with Gasteiger partial charge >= 0.3 is 12.6 Å². The maximum absolute atomic E-state index is 13.9. The lowest BCUT2D eigenvalue weighted by Crippen LogP contribution is -2.40. The number of sulfonamides is 1. The summed E-state index contributed by atoms with van der Waals surface area (Å²) in [6.07, 6.45) is 3.83. The standard InChI is InChI=1S/C29H25ClF3N3O6S2/c30-22-15-35-8-7-18(22)12-25(19-3-6-24(42-29(32)33)26(13-19)40-16-17-1-2-17)41-28(37)27-36(9-10-43-27)44(38,39)21-4-5-23(31)20(11-21)14-34/h3-8,11,13,15,17,25,27,29H,1-2,9-10,12,16H2/t25-,27-/m0/s1. The minimum absolute atomic E-state index is 0.0360. The minimum Gasteiger partial charge on any atom is -0.489 e. The predicted octanol–water partition coefficient (Wildman–Crippen LogP) is 5.73. The van der Waals surface area contributed by atoms with Crippen molar-refractivity contribution < 1.29 is 40.6 Å². The highest BCUT2D eigenvalue weighted by Crippen LogP contribution is 2.38. The normalized spacial score (nSPS) is 17.7. The molecule has 15 heteroatoms. The molecule has 2 fully saturated rings. The maximum atomic E-state index is 13.9. The molecular weight excluding hydrogens is 643 g/mol. The third-order valence-electron chi connectivity index (χ3n) is 6.96. The first-order valence-corrected chi connectivity index (χ1v) is 16.3. The van der Waals surface area contributed by atoms with E-state index >= 15 is 0 Å². The van der Waals surface area contributed by atoms with Crippen molar-refractivity contribution in [2.45, 2.75) is 42.2 Å². The molecule has 5 rings (SSSR count). The summed E-state index contributed by atoms with van der Waals surface area (Å²) in [5.74, 6) is -1.33. The second-order valence-electron chi connectivity index (χ2n) is 10.0. The first-order valence-electron chi connectivity index (χ1n) is 13.4. The third kappa shape index (κ3) is 7.40. The van der Waals surface area contributed by atoms with Gasteiger partial charge in [-0.05, 0) is 66.3 Å². The van der Waals surface area contributed by atoms with Crippen LogP contribution in [0.5, 0.6) is 11.5 Å². The number of nitriles is 1. The Bertz CT molecular complexity index is 1690. The van der Waals surface area contributed by atoms with Gasteiger partial charge in [0.15, 0.2) is 16.9 Å². The molecule has 2 aromatic carbocycles. The molecule has 0 bridgehead atoms. The highest BCUT2D eigenvalue weighted by molar-refractivity contribution is 8.02. The highest BCUT2D eigenvalue weighted by Gasteiger charge is 2.42. The van der Waals surface area contributed by atoms with Gasteiger partial charge in [0, 0.05) is 31.1 Å². The number of hydrogen-bond donors (Lipinski definition) is 0. The Morgan fingerprint density at radius 2 is 1.98 bits per heavy atom. The van der Waals surface area contributed by atoms with E-state index in [9.17, 15) is 26.4 Å². The average molecular weight is 668 g/mol. The molecule has 3 aromatic rings. The molecule has 232 valence electrons. The monoisotopic (exact) mass is 667 g/mol. The molecule has 2 heterocycles. The fourth-order valence-corrected chi connectivity index (χ4v) is 7.76. The molecule has 9 nitrogen and oxygen atoms in total. The molecule has 1 saturated heterocycles. The maximum Gasteiger partial charge on any atom is 0.387 e. The summed E-state index contributed by atoms with van der Waals surface area (Å²) in [7, 11) is -4.32. The van der Waals surface area contributed by atoms with E-state index in [1.807, 2.05) is 0 Å². The van der Waals surface area contributed by atoms with E-state index in [1.165, 1.54) is 30.6 Å². The Kier molecular flexibility index (Phi) is 9.89. The van der Waals surface area contributed by atoms with Crippen molar-refractivity contribution in [3.8, 4) is 17.6 Å². The van der Waals surface area contributed by atoms with Gasteiger partial charge in [-0.2, -0.15) is 18.3 Å². The number of carbonyl (C=O) groups excluding carboxylic acids is 1. The second-order valence-corrected chi connectivity index (χ2v) is 13.5. The molecule has 0 amide bonds. The zero-order chi connectivity index (χ0) is 31.4. The van der Waals surface area contributed by atoms with Crippen LogP contribution in [-0.4, -0.2) is 54.6 Å². The van der Waals surface area contributed by atoms with Gasteiger partial charge in [0.2, 0.25) is 10.0 Å². The quantitative estimate of drug-likeness (QED) is 0.223. The number of aromatic nitrogens is 1. The van der Waals surface area contributed by atoms with Gasteiger partial charge in [-0.25, -0.2) is 17.6 Å². The molecule has 0 N–H and O–H groups in total. The number of nitrogens with zero attached hydrogens (tertiary/aromatic N) is 3. The molecule has 0 unspecified atom stereocenters. The zero-order valence-electron chi connectivity index (χ0n) is 22.9. The summed E-state index contributed by atoms with van der Waals surface area (Å²) >= 11 is 7.38. The van der Waals surface area contributed by atoms with Crippen molar-refractivity contribution >= 4 is 39.4 Å². The van der Waals surface area contributed by atoms with Gasteiger partial charge in [-0.15, -0.1) is 11.8 Å². The summed E-state index contributed by atoms with van der Waals surface area (Å²) < 4.78 is 84.3. The summed E-state index contributed by atoms with van der Waals surface area (Å²) in [6.45, 7) is -2.83. The SMILES string of the molecule is N#Cc1cc(S(=O)(=O)N2CCS[C@H]2C(=O)O[C@@H](Cc2ccncc2Cl)c2ccc(OC(F)F)c(OCC3CC3)c2)ccc1F. The summed E-state index contributed by atoms with van der Waals surface area (Å²) in [4.78, 5) is 17.2. The largest absolute Gasteiger partial charge is 0.489 e. The lowest BCUT2D eigenvalue weighted by molar-refractivity contribution is -0.150. The van der Waals surface area contributed by atoms with Gasteiger partial charge in [-0.1, -0.05) is 17.7 Å². The van der Waals surface area contributed by atoms with Crippen molar-refractivity contribution in [3.63, 3.8) is 0 Å². The van der Waals surface area contributed by atoms with Crippen LogP contribution in [-0.2, 0) is 26.0 Å². The van der Waals surface area contributed by atoms with E-state index in [0.29, 0.717) is 28.7 Å². The number of thioether (sulfide) groups is 1. The van der Waals surface area contributed by atoms with Crippen molar-refractivity contribution in [1.29, 1.82) is 5.26 Å². The fourth-order valence-electron chi connectivity index (χ4n) is 4.49. The molecule has 0 spiro atoms. The van der Waals surface area contributed by atoms with Crippen LogP contribution < -0.4 is 9.47 Å². The van der Waals surface area contributed by atoms with Crippen LogP contribution in [0.25, 0.3) is 0 Å². The Hall–Kier alpha value is -3.51. The number of benzene rings is 2. The number of alkyl halides is 2. The Labute approximate surface area is 260 Å². The van der Waals surface area contributed by atoms with Crippen LogP contribution in [0, 0.1) is 23.1 Å². The number of carbonyl (C=O) groups is 1. The Morgan fingerprint density at radius 1 is 1.18 bits per heavy atom. The van der Waals surface area contributed by atoms with E-state index < -0.39 is 45.5 Å². The van der Waals surface area contributed by atoms with Crippen molar-refractivity contribution in [1.82, 2.24) is 9.29 Å². The van der Waals surface area contributed by atoms with Crippen LogP contribution in [0.3, 0.4) is 0 Å². The van der Waals surface area contributed by atoms with Gasteiger partial charge in [0.05, 0.1) is 22.1 Å². The zero-order valence-corrected chi connectivity index (χ0v) is 25.3. The van der Waals surface area contributed by atoms with Gasteiger partial charge in [-0.3, -0.25) is 4.98 Å². The fraction of sp³-hybridized carbons (Fsp3) is 0.345. The third-order valence-corrected chi connectivity index (χ3v) is 10.5. The second kappa shape index (κ2) is 13.6. The van der Waals surface area contributed by atoms with E-state index in [2.05, 4.69) is 9.72 Å². The molecule has 2 atom stereocenters. The number of halogens is 4. The number of pyridine rings is 1. The summed E-state index contributed by atoms with van der Waals surface area (Å²) in [5.41, 5.74) is 0.477. The molecule has 2 aliphatic rings. The van der Waals surface area contributed by atoms with Crippen molar-refractivity contribution in [2.24, 2.45) is 5.92 Å². The number of ether oxygens (including phenoxy) is 3. The summed E-state index contributed by atoms with van der Waals surface area (Å²) in [5, 5.41) is 8.16. The van der Waals surface area contributed by atoms with Crippen LogP contribution >= 0.6 is 23.4 Å². The van der Waals surface area contributed by atoms with Gasteiger partial charge in [0.1, 0.15) is 18.0 Å². The van der Waals surface area contributed by atoms with E-state index in [-0.39, 0.29) is 35.1 Å². The van der Waals surface area contributed by atoms with E-state index in [1.54, 1.807) is 12.1 Å². The Morgan fingerprint density at radius 3 is 2.68 bits per heavy atom. The highest BCUT2D eigenvalue weighted by atomic mass is 35.5. The van der Waals surface area contributed by atoms with E-state index in [0.717, 1.165) is 47.1 Å². The smallest absolute Gasteiger partial charge is 0.387 e. The molecular formula is C29H25ClF3N3O6S2. The summed E-state index contributed by atoms with van der Waals surface area (Å²) in [6, 6.07) is 10.2.